The summed E-state index contributed by atoms with van der Waals surface area (Å²) in [5, 5.41) is 8.37. The van der Waals surface area contributed by atoms with Gasteiger partial charge in [0.05, 0.1) is 0 Å². The molecular formula is C11H9BrN4S. The Morgan fingerprint density at radius 3 is 2.82 bits per heavy atom. The van der Waals surface area contributed by atoms with Crippen molar-refractivity contribution in [1.29, 1.82) is 5.41 Å². The summed E-state index contributed by atoms with van der Waals surface area (Å²) in [4.78, 5) is 8.89. The van der Waals surface area contributed by atoms with Crippen LogP contribution >= 0.6 is 27.7 Å². The van der Waals surface area contributed by atoms with Crippen LogP contribution in [0.3, 0.4) is 0 Å². The van der Waals surface area contributed by atoms with Gasteiger partial charge in [-0.3, -0.25) is 5.41 Å². The van der Waals surface area contributed by atoms with Crippen molar-refractivity contribution in [3.8, 4) is 0 Å². The second-order valence-corrected chi connectivity index (χ2v) is 5.18. The molecule has 1 heterocycles. The third-order valence-corrected chi connectivity index (χ3v) is 3.52. The summed E-state index contributed by atoms with van der Waals surface area (Å²) >= 11 is 4.82. The molecule has 0 saturated heterocycles. The molecule has 2 aromatic rings. The van der Waals surface area contributed by atoms with Gasteiger partial charge >= 0.3 is 0 Å². The van der Waals surface area contributed by atoms with Crippen molar-refractivity contribution < 1.29 is 0 Å². The van der Waals surface area contributed by atoms with Crippen LogP contribution in [0, 0.1) is 5.41 Å². The maximum absolute atomic E-state index is 7.55. The Hall–Kier alpha value is -1.40. The van der Waals surface area contributed by atoms with Gasteiger partial charge < -0.3 is 5.73 Å². The molecule has 0 aliphatic carbocycles. The number of aromatic nitrogens is 2. The third kappa shape index (κ3) is 3.04. The van der Waals surface area contributed by atoms with Crippen molar-refractivity contribution in [2.75, 3.05) is 0 Å². The summed E-state index contributed by atoms with van der Waals surface area (Å²) in [6.07, 6.45) is 3.18. The zero-order chi connectivity index (χ0) is 12.3. The van der Waals surface area contributed by atoms with Crippen LogP contribution in [-0.2, 0) is 0 Å². The van der Waals surface area contributed by atoms with E-state index in [1.807, 2.05) is 24.3 Å². The van der Waals surface area contributed by atoms with Crippen LogP contribution in [0.25, 0.3) is 0 Å². The number of nitrogens with two attached hydrogens (primary N) is 1. The van der Waals surface area contributed by atoms with Gasteiger partial charge in [-0.15, -0.1) is 0 Å². The highest BCUT2D eigenvalue weighted by Crippen LogP contribution is 2.30. The van der Waals surface area contributed by atoms with Crippen molar-refractivity contribution in [2.45, 2.75) is 9.92 Å². The number of nitrogen functional groups attached to an aromatic ring is 1. The molecule has 4 nitrogen and oxygen atoms in total. The molecule has 0 atom stereocenters. The maximum atomic E-state index is 7.55. The van der Waals surface area contributed by atoms with Crippen molar-refractivity contribution >= 4 is 33.5 Å². The summed E-state index contributed by atoms with van der Waals surface area (Å²) < 4.78 is 0.898. The summed E-state index contributed by atoms with van der Waals surface area (Å²) in [5.41, 5.74) is 6.25. The van der Waals surface area contributed by atoms with E-state index in [1.165, 1.54) is 18.1 Å². The first-order valence-electron chi connectivity index (χ1n) is 4.74. The Morgan fingerprint density at radius 2 is 2.18 bits per heavy atom. The van der Waals surface area contributed by atoms with Gasteiger partial charge in [0, 0.05) is 21.1 Å². The summed E-state index contributed by atoms with van der Waals surface area (Å²) in [5.74, 6) is 0.0443. The minimum atomic E-state index is 0.0443. The van der Waals surface area contributed by atoms with Crippen LogP contribution in [0.5, 0.6) is 0 Å². The molecule has 0 unspecified atom stereocenters. The minimum absolute atomic E-state index is 0.0443. The largest absolute Gasteiger partial charge is 0.384 e. The van der Waals surface area contributed by atoms with Gasteiger partial charge in [0.1, 0.15) is 17.2 Å². The SMILES string of the molecule is N=C(N)c1cc(Br)ccc1Sc1ccncn1. The summed E-state index contributed by atoms with van der Waals surface area (Å²) in [6, 6.07) is 7.46. The smallest absolute Gasteiger partial charge is 0.123 e. The third-order valence-electron chi connectivity index (χ3n) is 2.00. The van der Waals surface area contributed by atoms with E-state index in [-0.39, 0.29) is 5.84 Å². The quantitative estimate of drug-likeness (QED) is 0.519. The number of rotatable bonds is 3. The second kappa shape index (κ2) is 5.29. The highest BCUT2D eigenvalue weighted by molar-refractivity contribution is 9.10. The maximum Gasteiger partial charge on any atom is 0.123 e. The summed E-state index contributed by atoms with van der Waals surface area (Å²) in [6.45, 7) is 0. The molecule has 6 heteroatoms. The Balaban J connectivity index is 2.36. The predicted molar refractivity (Wildman–Crippen MR) is 71.3 cm³/mol. The lowest BCUT2D eigenvalue weighted by molar-refractivity contribution is 1.05. The fraction of sp³-hybridized carbons (Fsp3) is 0. The Labute approximate surface area is 111 Å². The van der Waals surface area contributed by atoms with E-state index < -0.39 is 0 Å². The Kier molecular flexibility index (Phi) is 3.75. The number of benzene rings is 1. The normalized spacial score (nSPS) is 10.2. The van der Waals surface area contributed by atoms with Gasteiger partial charge in [-0.25, -0.2) is 9.97 Å². The Morgan fingerprint density at radius 1 is 1.35 bits per heavy atom. The van der Waals surface area contributed by atoms with Crippen molar-refractivity contribution in [1.82, 2.24) is 9.97 Å². The van der Waals surface area contributed by atoms with E-state index in [1.54, 1.807) is 6.20 Å². The van der Waals surface area contributed by atoms with Crippen LogP contribution in [0.2, 0.25) is 0 Å². The molecule has 86 valence electrons. The average Bonchev–Trinajstić information content (AvgIpc) is 2.32. The molecule has 0 amide bonds. The molecule has 0 saturated carbocycles. The van der Waals surface area contributed by atoms with E-state index >= 15 is 0 Å². The summed E-state index contributed by atoms with van der Waals surface area (Å²) in [7, 11) is 0. The molecule has 0 aliphatic rings. The van der Waals surface area contributed by atoms with Crippen LogP contribution in [0.4, 0.5) is 0 Å². The van der Waals surface area contributed by atoms with E-state index in [2.05, 4.69) is 25.9 Å². The van der Waals surface area contributed by atoms with E-state index in [0.717, 1.165) is 14.4 Å². The van der Waals surface area contributed by atoms with Gasteiger partial charge in [-0.1, -0.05) is 27.7 Å². The molecular weight excluding hydrogens is 300 g/mol. The van der Waals surface area contributed by atoms with Gasteiger partial charge in [0.25, 0.3) is 0 Å². The lowest BCUT2D eigenvalue weighted by Crippen LogP contribution is -2.12. The predicted octanol–water partition coefficient (Wildman–Crippen LogP) is 2.67. The zero-order valence-corrected chi connectivity index (χ0v) is 11.1. The number of hydrogen-bond acceptors (Lipinski definition) is 4. The van der Waals surface area contributed by atoms with Crippen LogP contribution in [0.15, 0.2) is 51.2 Å². The molecule has 2 rings (SSSR count). The van der Waals surface area contributed by atoms with Crippen molar-refractivity contribution in [3.05, 3.63) is 46.8 Å². The Bertz CT molecular complexity index is 544. The van der Waals surface area contributed by atoms with Gasteiger partial charge in [0.2, 0.25) is 0 Å². The zero-order valence-electron chi connectivity index (χ0n) is 8.72. The van der Waals surface area contributed by atoms with Crippen molar-refractivity contribution in [3.63, 3.8) is 0 Å². The fourth-order valence-corrected chi connectivity index (χ4v) is 2.48. The second-order valence-electron chi connectivity index (χ2n) is 3.20. The molecule has 0 fully saturated rings. The number of hydrogen-bond donors (Lipinski definition) is 2. The molecule has 0 aliphatic heterocycles. The molecule has 1 aromatic carbocycles. The molecule has 1 aromatic heterocycles. The fourth-order valence-electron chi connectivity index (χ4n) is 1.25. The molecule has 17 heavy (non-hydrogen) atoms. The van der Waals surface area contributed by atoms with Crippen LogP contribution in [-0.4, -0.2) is 15.8 Å². The highest BCUT2D eigenvalue weighted by Gasteiger charge is 2.08. The molecule has 0 spiro atoms. The van der Waals surface area contributed by atoms with Gasteiger partial charge in [-0.2, -0.15) is 0 Å². The van der Waals surface area contributed by atoms with E-state index in [9.17, 15) is 0 Å². The molecule has 0 bridgehead atoms. The number of amidine groups is 1. The lowest BCUT2D eigenvalue weighted by atomic mass is 10.2. The topological polar surface area (TPSA) is 75.7 Å². The monoisotopic (exact) mass is 308 g/mol. The molecule has 0 radical (unpaired) electrons. The van der Waals surface area contributed by atoms with E-state index in [4.69, 9.17) is 11.1 Å². The first kappa shape index (κ1) is 12.1. The van der Waals surface area contributed by atoms with Gasteiger partial charge in [0.15, 0.2) is 0 Å². The number of halogens is 1. The standard InChI is InChI=1S/C11H9BrN4S/c12-7-1-2-9(8(5-7)11(13)14)17-10-3-4-15-6-16-10/h1-6H,(H3,13,14). The van der Waals surface area contributed by atoms with Crippen molar-refractivity contribution in [2.24, 2.45) is 5.73 Å². The van der Waals surface area contributed by atoms with Gasteiger partial charge in [-0.05, 0) is 24.3 Å². The number of nitrogens with zero attached hydrogens (tertiary/aromatic N) is 2. The van der Waals surface area contributed by atoms with E-state index in [0.29, 0.717) is 5.56 Å². The van der Waals surface area contributed by atoms with Crippen LogP contribution < -0.4 is 5.73 Å². The minimum Gasteiger partial charge on any atom is -0.384 e. The first-order valence-corrected chi connectivity index (χ1v) is 6.35. The lowest BCUT2D eigenvalue weighted by Gasteiger charge is -2.07. The first-order chi connectivity index (χ1) is 8.16. The number of nitrogens with one attached hydrogen (secondary N) is 1. The average molecular weight is 309 g/mol. The molecule has 3 N–H and O–H groups in total. The van der Waals surface area contributed by atoms with Crippen LogP contribution in [0.1, 0.15) is 5.56 Å². The highest BCUT2D eigenvalue weighted by atomic mass is 79.9.